The highest BCUT2D eigenvalue weighted by Gasteiger charge is 2.25. The summed E-state index contributed by atoms with van der Waals surface area (Å²) in [6.45, 7) is 2.85. The van der Waals surface area contributed by atoms with E-state index in [0.717, 1.165) is 34.0 Å². The van der Waals surface area contributed by atoms with E-state index in [0.29, 0.717) is 0 Å². The molecule has 0 spiro atoms. The van der Waals surface area contributed by atoms with Gasteiger partial charge in [-0.25, -0.2) is 0 Å². The Morgan fingerprint density at radius 2 is 1.68 bits per heavy atom. The van der Waals surface area contributed by atoms with Crippen molar-refractivity contribution in [3.63, 3.8) is 0 Å². The number of fused-ring (bicyclic) bond motifs is 2. The third kappa shape index (κ3) is 2.15. The molecule has 0 N–H and O–H groups in total. The van der Waals surface area contributed by atoms with Gasteiger partial charge in [-0.05, 0) is 30.7 Å². The minimum Gasteiger partial charge on any atom is -0.307 e. The number of carbonyl (C=O) groups excluding carboxylic acids is 1. The molecule has 2 nitrogen and oxygen atoms in total. The molecular formula is C16H15NOS. The number of benzene rings is 2. The summed E-state index contributed by atoms with van der Waals surface area (Å²) < 4.78 is 0. The van der Waals surface area contributed by atoms with E-state index in [9.17, 15) is 4.79 Å². The van der Waals surface area contributed by atoms with E-state index < -0.39 is 0 Å². The van der Waals surface area contributed by atoms with Crippen molar-refractivity contribution < 1.29 is 4.79 Å². The number of para-hydroxylation sites is 1. The molecule has 3 heteroatoms. The molecule has 1 aliphatic rings. The normalized spacial score (nSPS) is 13.7. The largest absolute Gasteiger partial charge is 0.307 e. The lowest BCUT2D eigenvalue weighted by molar-refractivity contribution is 0.0984. The van der Waals surface area contributed by atoms with Crippen LogP contribution in [0.15, 0.2) is 58.3 Å². The van der Waals surface area contributed by atoms with Crippen LogP contribution in [0.1, 0.15) is 23.7 Å². The Morgan fingerprint density at radius 1 is 1.00 bits per heavy atom. The maximum absolute atomic E-state index is 12.7. The fourth-order valence-corrected chi connectivity index (χ4v) is 3.40. The molecule has 96 valence electrons. The van der Waals surface area contributed by atoms with Crippen LogP contribution in [0.3, 0.4) is 0 Å². The van der Waals surface area contributed by atoms with Crippen LogP contribution in [-0.4, -0.2) is 12.5 Å². The van der Waals surface area contributed by atoms with Crippen LogP contribution in [0.25, 0.3) is 0 Å². The second kappa shape index (κ2) is 5.10. The standard InChI is InChI=1S/C16H15NOS/c1-2-11-17-13-8-4-6-10-15(13)19-14-9-5-3-7-12(14)16(17)18/h3-10H,2,11H2,1H3. The summed E-state index contributed by atoms with van der Waals surface area (Å²) in [5, 5.41) is 0. The van der Waals surface area contributed by atoms with Crippen LogP contribution >= 0.6 is 11.8 Å². The minimum atomic E-state index is 0.106. The molecular weight excluding hydrogens is 254 g/mol. The van der Waals surface area contributed by atoms with Crippen molar-refractivity contribution in [2.45, 2.75) is 23.1 Å². The summed E-state index contributed by atoms with van der Waals surface area (Å²) in [7, 11) is 0. The van der Waals surface area contributed by atoms with Crippen molar-refractivity contribution in [1.29, 1.82) is 0 Å². The number of hydrogen-bond donors (Lipinski definition) is 0. The molecule has 0 saturated carbocycles. The Hall–Kier alpha value is -1.74. The first-order chi connectivity index (χ1) is 9.31. The smallest absolute Gasteiger partial charge is 0.259 e. The zero-order valence-electron chi connectivity index (χ0n) is 10.8. The average molecular weight is 269 g/mol. The Labute approximate surface area is 117 Å². The second-order valence-corrected chi connectivity index (χ2v) is 5.61. The quantitative estimate of drug-likeness (QED) is 0.814. The van der Waals surface area contributed by atoms with Gasteiger partial charge in [0.1, 0.15) is 0 Å². The third-order valence-electron chi connectivity index (χ3n) is 3.19. The molecule has 0 aromatic heterocycles. The highest BCUT2D eigenvalue weighted by atomic mass is 32.2. The van der Waals surface area contributed by atoms with Crippen molar-refractivity contribution in [3.05, 3.63) is 54.1 Å². The van der Waals surface area contributed by atoms with Gasteiger partial charge in [0.15, 0.2) is 0 Å². The summed E-state index contributed by atoms with van der Waals surface area (Å²) >= 11 is 1.67. The van der Waals surface area contributed by atoms with Crippen molar-refractivity contribution in [2.75, 3.05) is 11.4 Å². The summed E-state index contributed by atoms with van der Waals surface area (Å²) in [6, 6.07) is 16.0. The van der Waals surface area contributed by atoms with Gasteiger partial charge in [-0.2, -0.15) is 0 Å². The van der Waals surface area contributed by atoms with Crippen molar-refractivity contribution >= 4 is 23.4 Å². The molecule has 0 atom stereocenters. The minimum absolute atomic E-state index is 0.106. The Balaban J connectivity index is 2.18. The molecule has 0 fully saturated rings. The van der Waals surface area contributed by atoms with Crippen LogP contribution in [0.4, 0.5) is 5.69 Å². The molecule has 1 amide bonds. The first-order valence-electron chi connectivity index (χ1n) is 6.49. The molecule has 2 aromatic carbocycles. The zero-order valence-corrected chi connectivity index (χ0v) is 11.6. The van der Waals surface area contributed by atoms with Gasteiger partial charge < -0.3 is 4.90 Å². The van der Waals surface area contributed by atoms with E-state index in [1.165, 1.54) is 0 Å². The van der Waals surface area contributed by atoms with Gasteiger partial charge in [0, 0.05) is 16.3 Å². The predicted molar refractivity (Wildman–Crippen MR) is 79.0 cm³/mol. The van der Waals surface area contributed by atoms with Gasteiger partial charge in [-0.3, -0.25) is 4.79 Å². The summed E-state index contributed by atoms with van der Waals surface area (Å²) in [4.78, 5) is 16.8. The molecule has 3 rings (SSSR count). The van der Waals surface area contributed by atoms with Crippen LogP contribution < -0.4 is 4.90 Å². The van der Waals surface area contributed by atoms with E-state index in [-0.39, 0.29) is 5.91 Å². The average Bonchev–Trinajstić information content (AvgIpc) is 2.56. The number of carbonyl (C=O) groups is 1. The molecule has 0 aliphatic carbocycles. The number of nitrogens with zero attached hydrogens (tertiary/aromatic N) is 1. The molecule has 1 heterocycles. The molecule has 2 aromatic rings. The molecule has 0 bridgehead atoms. The lowest BCUT2D eigenvalue weighted by Crippen LogP contribution is -2.31. The monoisotopic (exact) mass is 269 g/mol. The fraction of sp³-hybridized carbons (Fsp3) is 0.188. The Morgan fingerprint density at radius 3 is 2.47 bits per heavy atom. The third-order valence-corrected chi connectivity index (χ3v) is 4.33. The number of anilines is 1. The maximum atomic E-state index is 12.7. The van der Waals surface area contributed by atoms with E-state index >= 15 is 0 Å². The number of amides is 1. The van der Waals surface area contributed by atoms with E-state index in [1.54, 1.807) is 11.8 Å². The highest BCUT2D eigenvalue weighted by molar-refractivity contribution is 7.99. The van der Waals surface area contributed by atoms with Gasteiger partial charge in [-0.15, -0.1) is 0 Å². The van der Waals surface area contributed by atoms with Crippen molar-refractivity contribution in [2.24, 2.45) is 0 Å². The van der Waals surface area contributed by atoms with Crippen LogP contribution in [0, 0.1) is 0 Å². The van der Waals surface area contributed by atoms with Gasteiger partial charge in [0.05, 0.1) is 11.3 Å². The van der Waals surface area contributed by atoms with Crippen molar-refractivity contribution in [3.8, 4) is 0 Å². The number of hydrogen-bond acceptors (Lipinski definition) is 2. The topological polar surface area (TPSA) is 20.3 Å². The zero-order chi connectivity index (χ0) is 13.2. The summed E-state index contributed by atoms with van der Waals surface area (Å²) in [5.74, 6) is 0.106. The Bertz CT molecular complexity index is 624. The molecule has 0 unspecified atom stereocenters. The van der Waals surface area contributed by atoms with Gasteiger partial charge in [0.2, 0.25) is 0 Å². The molecule has 1 aliphatic heterocycles. The van der Waals surface area contributed by atoms with Gasteiger partial charge in [0.25, 0.3) is 5.91 Å². The molecule has 0 radical (unpaired) electrons. The lowest BCUT2D eigenvalue weighted by atomic mass is 10.1. The Kier molecular flexibility index (Phi) is 3.30. The molecule has 19 heavy (non-hydrogen) atoms. The van der Waals surface area contributed by atoms with E-state index in [1.807, 2.05) is 47.4 Å². The first kappa shape index (κ1) is 12.3. The van der Waals surface area contributed by atoms with Crippen molar-refractivity contribution in [1.82, 2.24) is 0 Å². The SMILES string of the molecule is CCCN1C(=O)c2ccccc2Sc2ccccc21. The first-order valence-corrected chi connectivity index (χ1v) is 7.30. The van der Waals surface area contributed by atoms with Gasteiger partial charge in [-0.1, -0.05) is 43.0 Å². The molecule has 0 saturated heterocycles. The van der Waals surface area contributed by atoms with E-state index in [4.69, 9.17) is 0 Å². The summed E-state index contributed by atoms with van der Waals surface area (Å²) in [5.41, 5.74) is 1.83. The van der Waals surface area contributed by atoms with E-state index in [2.05, 4.69) is 13.0 Å². The van der Waals surface area contributed by atoms with Crippen LogP contribution in [0.2, 0.25) is 0 Å². The second-order valence-electron chi connectivity index (χ2n) is 4.52. The highest BCUT2D eigenvalue weighted by Crippen LogP contribution is 2.40. The summed E-state index contributed by atoms with van der Waals surface area (Å²) in [6.07, 6.45) is 0.951. The maximum Gasteiger partial charge on any atom is 0.259 e. The predicted octanol–water partition coefficient (Wildman–Crippen LogP) is 4.21. The van der Waals surface area contributed by atoms with Crippen LogP contribution in [-0.2, 0) is 0 Å². The number of rotatable bonds is 2. The van der Waals surface area contributed by atoms with Gasteiger partial charge >= 0.3 is 0 Å². The van der Waals surface area contributed by atoms with Crippen LogP contribution in [0.5, 0.6) is 0 Å². The lowest BCUT2D eigenvalue weighted by Gasteiger charge is -2.22. The fourth-order valence-electron chi connectivity index (χ4n) is 2.32.